The second kappa shape index (κ2) is 8.88. The van der Waals surface area contributed by atoms with E-state index in [9.17, 15) is 0 Å². The van der Waals surface area contributed by atoms with Crippen LogP contribution < -0.4 is 9.47 Å². The molecule has 0 aliphatic carbocycles. The highest BCUT2D eigenvalue weighted by molar-refractivity contribution is 6.30. The molecule has 142 valence electrons. The van der Waals surface area contributed by atoms with Crippen molar-refractivity contribution in [1.29, 1.82) is 0 Å². The lowest BCUT2D eigenvalue weighted by Crippen LogP contribution is -2.21. The third-order valence-electron chi connectivity index (χ3n) is 4.20. The molecule has 1 aromatic heterocycles. The quantitative estimate of drug-likeness (QED) is 0.580. The van der Waals surface area contributed by atoms with Gasteiger partial charge in [0, 0.05) is 17.1 Å². The zero-order valence-corrected chi connectivity index (χ0v) is 16.4. The van der Waals surface area contributed by atoms with E-state index in [1.54, 1.807) is 26.4 Å². The molecular weight excluding hydrogens is 366 g/mol. The zero-order valence-electron chi connectivity index (χ0n) is 15.6. The second-order valence-corrected chi connectivity index (χ2v) is 6.64. The molecule has 0 aliphatic rings. The zero-order chi connectivity index (χ0) is 19.2. The maximum Gasteiger partial charge on any atom is 0.257 e. The third kappa shape index (κ3) is 4.99. The van der Waals surface area contributed by atoms with Crippen LogP contribution >= 0.6 is 11.6 Å². The van der Waals surface area contributed by atoms with Crippen LogP contribution in [0.3, 0.4) is 0 Å². The van der Waals surface area contributed by atoms with Crippen LogP contribution in [-0.2, 0) is 13.0 Å². The van der Waals surface area contributed by atoms with Gasteiger partial charge in [0.25, 0.3) is 5.89 Å². The van der Waals surface area contributed by atoms with Crippen LogP contribution in [0.1, 0.15) is 11.4 Å². The van der Waals surface area contributed by atoms with Gasteiger partial charge in [0.2, 0.25) is 0 Å². The molecule has 0 saturated carbocycles. The van der Waals surface area contributed by atoms with E-state index in [-0.39, 0.29) is 0 Å². The van der Waals surface area contributed by atoms with E-state index in [0.29, 0.717) is 23.3 Å². The number of benzene rings is 2. The number of nitrogens with zero attached hydrogens (tertiary/aromatic N) is 3. The molecule has 0 aliphatic heterocycles. The largest absolute Gasteiger partial charge is 0.493 e. The Morgan fingerprint density at radius 3 is 2.48 bits per heavy atom. The first-order chi connectivity index (χ1) is 13.1. The lowest BCUT2D eigenvalue weighted by Gasteiger charge is -2.15. The van der Waals surface area contributed by atoms with Gasteiger partial charge in [0.1, 0.15) is 0 Å². The summed E-state index contributed by atoms with van der Waals surface area (Å²) in [5.41, 5.74) is 2.03. The number of aromatic nitrogens is 2. The predicted octanol–water partition coefficient (Wildman–Crippen LogP) is 4.08. The summed E-state index contributed by atoms with van der Waals surface area (Å²) < 4.78 is 16.0. The van der Waals surface area contributed by atoms with Gasteiger partial charge in [0.15, 0.2) is 17.3 Å². The number of rotatable bonds is 8. The van der Waals surface area contributed by atoms with Crippen LogP contribution in [0.25, 0.3) is 11.5 Å². The van der Waals surface area contributed by atoms with Gasteiger partial charge < -0.3 is 14.0 Å². The molecule has 0 atom stereocenters. The number of likely N-dealkylation sites (N-methyl/N-ethyl adjacent to an activating group) is 1. The maximum atomic E-state index is 5.91. The Morgan fingerprint density at radius 1 is 1.04 bits per heavy atom. The van der Waals surface area contributed by atoms with Crippen molar-refractivity contribution in [3.63, 3.8) is 0 Å². The average molecular weight is 388 g/mol. The summed E-state index contributed by atoms with van der Waals surface area (Å²) in [5.74, 6) is 2.62. The molecule has 0 saturated heterocycles. The molecular formula is C20H22ClN3O3. The minimum atomic E-state index is 0.495. The van der Waals surface area contributed by atoms with Crippen molar-refractivity contribution in [2.75, 3.05) is 27.8 Å². The highest BCUT2D eigenvalue weighted by Crippen LogP contribution is 2.27. The molecule has 0 bridgehead atoms. The first-order valence-electron chi connectivity index (χ1n) is 8.57. The van der Waals surface area contributed by atoms with Gasteiger partial charge >= 0.3 is 0 Å². The van der Waals surface area contributed by atoms with Crippen molar-refractivity contribution >= 4 is 11.6 Å². The van der Waals surface area contributed by atoms with Crippen LogP contribution in [0.15, 0.2) is 47.0 Å². The summed E-state index contributed by atoms with van der Waals surface area (Å²) in [6, 6.07) is 13.3. The smallest absolute Gasteiger partial charge is 0.257 e. The first kappa shape index (κ1) is 19.2. The van der Waals surface area contributed by atoms with Crippen LogP contribution in [0.5, 0.6) is 11.5 Å². The summed E-state index contributed by atoms with van der Waals surface area (Å²) in [6.45, 7) is 1.45. The lowest BCUT2D eigenvalue weighted by atomic mass is 10.1. The summed E-state index contributed by atoms with van der Waals surface area (Å²) in [4.78, 5) is 6.60. The number of ether oxygens (including phenoxy) is 2. The molecule has 0 fully saturated rings. The van der Waals surface area contributed by atoms with Crippen LogP contribution in [0, 0.1) is 0 Å². The van der Waals surface area contributed by atoms with E-state index in [0.717, 1.165) is 30.0 Å². The van der Waals surface area contributed by atoms with Crippen LogP contribution in [0.2, 0.25) is 5.02 Å². The molecule has 3 aromatic rings. The standard InChI is InChI=1S/C20H22ClN3O3/c1-24(11-10-14-4-9-17(25-2)18(12-14)26-3)13-19-22-20(27-23-19)15-5-7-16(21)8-6-15/h4-9,12H,10-11,13H2,1-3H3. The van der Waals surface area contributed by atoms with E-state index >= 15 is 0 Å². The van der Waals surface area contributed by atoms with Gasteiger partial charge in [-0.25, -0.2) is 0 Å². The molecule has 1 heterocycles. The van der Waals surface area contributed by atoms with Gasteiger partial charge in [-0.05, 0) is 55.4 Å². The molecule has 27 heavy (non-hydrogen) atoms. The van der Waals surface area contributed by atoms with Gasteiger partial charge in [-0.15, -0.1) is 0 Å². The highest BCUT2D eigenvalue weighted by atomic mass is 35.5. The molecule has 0 amide bonds. The normalized spacial score (nSPS) is 11.0. The van der Waals surface area contributed by atoms with Crippen molar-refractivity contribution in [1.82, 2.24) is 15.0 Å². The maximum absolute atomic E-state index is 5.91. The highest BCUT2D eigenvalue weighted by Gasteiger charge is 2.11. The first-order valence-corrected chi connectivity index (χ1v) is 8.95. The van der Waals surface area contributed by atoms with Crippen molar-refractivity contribution < 1.29 is 14.0 Å². The van der Waals surface area contributed by atoms with Crippen molar-refractivity contribution in [3.05, 3.63) is 58.9 Å². The topological polar surface area (TPSA) is 60.6 Å². The Labute approximate surface area is 163 Å². The molecule has 0 radical (unpaired) electrons. The van der Waals surface area contributed by atoms with Crippen molar-refractivity contribution in [2.45, 2.75) is 13.0 Å². The second-order valence-electron chi connectivity index (χ2n) is 6.20. The molecule has 6 nitrogen and oxygen atoms in total. The molecule has 2 aromatic carbocycles. The fourth-order valence-corrected chi connectivity index (χ4v) is 2.83. The number of hydrogen-bond acceptors (Lipinski definition) is 6. The molecule has 7 heteroatoms. The Balaban J connectivity index is 1.57. The van der Waals surface area contributed by atoms with Crippen molar-refractivity contribution in [3.8, 4) is 23.0 Å². The van der Waals surface area contributed by atoms with Crippen LogP contribution in [-0.4, -0.2) is 42.9 Å². The van der Waals surface area contributed by atoms with E-state index in [1.807, 2.05) is 37.4 Å². The minimum absolute atomic E-state index is 0.495. The summed E-state index contributed by atoms with van der Waals surface area (Å²) in [5, 5.41) is 4.74. The molecule has 0 spiro atoms. The van der Waals surface area contributed by atoms with Gasteiger partial charge in [-0.3, -0.25) is 4.90 Å². The Hall–Kier alpha value is -2.57. The molecule has 0 N–H and O–H groups in total. The summed E-state index contributed by atoms with van der Waals surface area (Å²) in [6.07, 6.45) is 0.874. The van der Waals surface area contributed by atoms with E-state index in [1.165, 1.54) is 5.56 Å². The fraction of sp³-hybridized carbons (Fsp3) is 0.300. The third-order valence-corrected chi connectivity index (χ3v) is 4.45. The Morgan fingerprint density at radius 2 is 1.78 bits per heavy atom. The molecule has 0 unspecified atom stereocenters. The van der Waals surface area contributed by atoms with E-state index < -0.39 is 0 Å². The SMILES string of the molecule is COc1ccc(CCN(C)Cc2noc(-c3ccc(Cl)cc3)n2)cc1OC. The average Bonchev–Trinajstić information content (AvgIpc) is 3.15. The monoisotopic (exact) mass is 387 g/mol. The van der Waals surface area contributed by atoms with Crippen molar-refractivity contribution in [2.24, 2.45) is 0 Å². The fourth-order valence-electron chi connectivity index (χ4n) is 2.70. The number of halogens is 1. The van der Waals surface area contributed by atoms with Gasteiger partial charge in [-0.1, -0.05) is 22.8 Å². The minimum Gasteiger partial charge on any atom is -0.493 e. The van der Waals surface area contributed by atoms with Crippen LogP contribution in [0.4, 0.5) is 0 Å². The number of methoxy groups -OCH3 is 2. The summed E-state index contributed by atoms with van der Waals surface area (Å²) in [7, 11) is 5.30. The van der Waals surface area contributed by atoms with Gasteiger partial charge in [0.05, 0.1) is 20.8 Å². The summed E-state index contributed by atoms with van der Waals surface area (Å²) >= 11 is 5.91. The lowest BCUT2D eigenvalue weighted by molar-refractivity contribution is 0.312. The predicted molar refractivity (Wildman–Crippen MR) is 104 cm³/mol. The molecule has 3 rings (SSSR count). The Bertz CT molecular complexity index is 880. The van der Waals surface area contributed by atoms with Gasteiger partial charge in [-0.2, -0.15) is 4.98 Å². The Kier molecular flexibility index (Phi) is 6.32. The van der Waals surface area contributed by atoms with E-state index in [2.05, 4.69) is 15.0 Å². The number of hydrogen-bond donors (Lipinski definition) is 0. The van der Waals surface area contributed by atoms with E-state index in [4.69, 9.17) is 25.6 Å².